The number of nitrogens with one attached hydrogen (secondary N) is 1. The van der Waals surface area contributed by atoms with Crippen molar-refractivity contribution in [2.24, 2.45) is 0 Å². The predicted molar refractivity (Wildman–Crippen MR) is 69.8 cm³/mol. The summed E-state index contributed by atoms with van der Waals surface area (Å²) in [7, 11) is -3.40. The first kappa shape index (κ1) is 14.6. The van der Waals surface area contributed by atoms with Crippen LogP contribution in [0.2, 0.25) is 0 Å². The number of thiophene rings is 1. The van der Waals surface area contributed by atoms with Crippen LogP contribution in [-0.2, 0) is 16.4 Å². The molecule has 6 heteroatoms. The van der Waals surface area contributed by atoms with Gasteiger partial charge >= 0.3 is 0 Å². The van der Waals surface area contributed by atoms with E-state index in [1.54, 1.807) is 6.07 Å². The monoisotopic (exact) mass is 277 g/mol. The lowest BCUT2D eigenvalue weighted by molar-refractivity contribution is 0.162. The van der Waals surface area contributed by atoms with E-state index in [4.69, 9.17) is 0 Å². The summed E-state index contributed by atoms with van der Waals surface area (Å²) in [6.45, 7) is 4.13. The van der Waals surface area contributed by atoms with E-state index in [0.717, 1.165) is 11.3 Å². The Morgan fingerprint density at radius 2 is 2.12 bits per heavy atom. The predicted octanol–water partition coefficient (Wildman–Crippen LogP) is 1.75. The van der Waals surface area contributed by atoms with Gasteiger partial charge in [-0.3, -0.25) is 0 Å². The van der Waals surface area contributed by atoms with Gasteiger partial charge in [0.15, 0.2) is 0 Å². The maximum absolute atomic E-state index is 11.8. The van der Waals surface area contributed by atoms with Gasteiger partial charge in [-0.15, -0.1) is 11.3 Å². The topological polar surface area (TPSA) is 66.4 Å². The fraction of sp³-hybridized carbons (Fsp3) is 0.636. The number of aryl methyl sites for hydroxylation is 1. The minimum atomic E-state index is -3.40. The fourth-order valence-electron chi connectivity index (χ4n) is 1.33. The first-order valence-electron chi connectivity index (χ1n) is 5.76. The molecule has 0 aliphatic heterocycles. The Morgan fingerprint density at radius 1 is 1.41 bits per heavy atom. The van der Waals surface area contributed by atoms with Crippen LogP contribution in [0.4, 0.5) is 0 Å². The highest BCUT2D eigenvalue weighted by Crippen LogP contribution is 2.21. The zero-order chi connectivity index (χ0) is 12.9. The number of rotatable bonds is 7. The molecule has 0 spiro atoms. The van der Waals surface area contributed by atoms with Crippen LogP contribution in [0.1, 0.15) is 31.6 Å². The SMILES string of the molecule is CCc1ccc(S(=O)(=O)NCCC(O)CC)s1. The Kier molecular flexibility index (Phi) is 5.58. The van der Waals surface area contributed by atoms with E-state index < -0.39 is 16.1 Å². The van der Waals surface area contributed by atoms with Gasteiger partial charge in [-0.2, -0.15) is 0 Å². The van der Waals surface area contributed by atoms with Crippen molar-refractivity contribution in [2.45, 2.75) is 43.4 Å². The molecule has 0 aromatic carbocycles. The first-order valence-corrected chi connectivity index (χ1v) is 8.06. The number of aliphatic hydroxyl groups is 1. The number of sulfonamides is 1. The highest BCUT2D eigenvalue weighted by molar-refractivity contribution is 7.91. The Hall–Kier alpha value is -0.430. The van der Waals surface area contributed by atoms with E-state index >= 15 is 0 Å². The quantitative estimate of drug-likeness (QED) is 0.798. The van der Waals surface area contributed by atoms with Crippen molar-refractivity contribution in [3.8, 4) is 0 Å². The summed E-state index contributed by atoms with van der Waals surface area (Å²) in [6.07, 6.45) is 1.49. The molecule has 1 heterocycles. The molecule has 0 saturated carbocycles. The van der Waals surface area contributed by atoms with Crippen molar-refractivity contribution in [1.82, 2.24) is 4.72 Å². The second-order valence-electron chi connectivity index (χ2n) is 3.82. The van der Waals surface area contributed by atoms with Crippen molar-refractivity contribution in [3.05, 3.63) is 17.0 Å². The summed E-state index contributed by atoms with van der Waals surface area (Å²) in [5.41, 5.74) is 0. The van der Waals surface area contributed by atoms with Crippen LogP contribution in [0, 0.1) is 0 Å². The normalized spacial score (nSPS) is 13.8. The van der Waals surface area contributed by atoms with Crippen LogP contribution in [0.15, 0.2) is 16.3 Å². The molecule has 0 saturated heterocycles. The summed E-state index contributed by atoms with van der Waals surface area (Å²) in [5, 5.41) is 9.34. The van der Waals surface area contributed by atoms with Gasteiger partial charge in [0.2, 0.25) is 10.0 Å². The Bertz CT molecular complexity index is 439. The third kappa shape index (κ3) is 4.39. The smallest absolute Gasteiger partial charge is 0.250 e. The van der Waals surface area contributed by atoms with Gasteiger partial charge in [0.1, 0.15) is 4.21 Å². The average molecular weight is 277 g/mol. The highest BCUT2D eigenvalue weighted by Gasteiger charge is 2.16. The minimum absolute atomic E-state index is 0.275. The largest absolute Gasteiger partial charge is 0.393 e. The molecule has 98 valence electrons. The third-order valence-electron chi connectivity index (χ3n) is 2.49. The zero-order valence-electron chi connectivity index (χ0n) is 10.1. The van der Waals surface area contributed by atoms with E-state index in [-0.39, 0.29) is 6.54 Å². The third-order valence-corrected chi connectivity index (χ3v) is 5.67. The number of hydrogen-bond acceptors (Lipinski definition) is 4. The van der Waals surface area contributed by atoms with Crippen molar-refractivity contribution in [1.29, 1.82) is 0 Å². The van der Waals surface area contributed by atoms with Crippen LogP contribution >= 0.6 is 11.3 Å². The summed E-state index contributed by atoms with van der Waals surface area (Å²) < 4.78 is 26.5. The molecule has 0 aliphatic rings. The van der Waals surface area contributed by atoms with E-state index in [9.17, 15) is 13.5 Å². The average Bonchev–Trinajstić information content (AvgIpc) is 2.77. The van der Waals surface area contributed by atoms with Gasteiger partial charge in [0.05, 0.1) is 6.10 Å². The molecule has 0 amide bonds. The summed E-state index contributed by atoms with van der Waals surface area (Å²) in [4.78, 5) is 1.05. The fourth-order valence-corrected chi connectivity index (χ4v) is 3.72. The molecule has 0 aliphatic carbocycles. The van der Waals surface area contributed by atoms with Gasteiger partial charge in [-0.05, 0) is 31.4 Å². The molecule has 0 fully saturated rings. The van der Waals surface area contributed by atoms with E-state index in [0.29, 0.717) is 17.1 Å². The molecule has 1 aromatic rings. The highest BCUT2D eigenvalue weighted by atomic mass is 32.2. The van der Waals surface area contributed by atoms with Crippen molar-refractivity contribution >= 4 is 21.4 Å². The molecule has 1 unspecified atom stereocenters. The van der Waals surface area contributed by atoms with Crippen molar-refractivity contribution in [3.63, 3.8) is 0 Å². The molecule has 0 bridgehead atoms. The van der Waals surface area contributed by atoms with Gasteiger partial charge in [-0.1, -0.05) is 13.8 Å². The lowest BCUT2D eigenvalue weighted by Crippen LogP contribution is -2.26. The maximum Gasteiger partial charge on any atom is 0.250 e. The standard InChI is InChI=1S/C11H19NO3S2/c1-3-9(13)7-8-12-17(14,15)11-6-5-10(4-2)16-11/h5-6,9,12-13H,3-4,7-8H2,1-2H3. The van der Waals surface area contributed by atoms with Crippen molar-refractivity contribution < 1.29 is 13.5 Å². The molecule has 0 radical (unpaired) electrons. The zero-order valence-corrected chi connectivity index (χ0v) is 11.8. The Balaban J connectivity index is 2.56. The van der Waals surface area contributed by atoms with Crippen LogP contribution in [0.25, 0.3) is 0 Å². The molecule has 2 N–H and O–H groups in total. The first-order chi connectivity index (χ1) is 7.99. The van der Waals surface area contributed by atoms with Crippen LogP contribution in [-0.4, -0.2) is 26.2 Å². The molecular weight excluding hydrogens is 258 g/mol. The second kappa shape index (κ2) is 6.49. The summed E-state index contributed by atoms with van der Waals surface area (Å²) in [5.74, 6) is 0. The van der Waals surface area contributed by atoms with Crippen LogP contribution < -0.4 is 4.72 Å². The number of hydrogen-bond donors (Lipinski definition) is 2. The van der Waals surface area contributed by atoms with E-state index in [1.165, 1.54) is 11.3 Å². The van der Waals surface area contributed by atoms with Crippen LogP contribution in [0.5, 0.6) is 0 Å². The van der Waals surface area contributed by atoms with Crippen molar-refractivity contribution in [2.75, 3.05) is 6.54 Å². The summed E-state index contributed by atoms with van der Waals surface area (Å²) in [6, 6.07) is 3.46. The summed E-state index contributed by atoms with van der Waals surface area (Å²) >= 11 is 1.29. The Labute approximate surface area is 107 Å². The van der Waals surface area contributed by atoms with E-state index in [1.807, 2.05) is 19.9 Å². The molecule has 1 aromatic heterocycles. The molecule has 17 heavy (non-hydrogen) atoms. The number of aliphatic hydroxyl groups excluding tert-OH is 1. The minimum Gasteiger partial charge on any atom is -0.393 e. The molecule has 1 atom stereocenters. The Morgan fingerprint density at radius 3 is 2.65 bits per heavy atom. The molecule has 4 nitrogen and oxygen atoms in total. The van der Waals surface area contributed by atoms with Gasteiger partial charge in [0.25, 0.3) is 0 Å². The van der Waals surface area contributed by atoms with E-state index in [2.05, 4.69) is 4.72 Å². The molecule has 1 rings (SSSR count). The second-order valence-corrected chi connectivity index (χ2v) is 6.98. The maximum atomic E-state index is 11.8. The lowest BCUT2D eigenvalue weighted by atomic mass is 10.2. The molecular formula is C11H19NO3S2. The van der Waals surface area contributed by atoms with Gasteiger partial charge < -0.3 is 5.11 Å². The van der Waals surface area contributed by atoms with Gasteiger partial charge in [-0.25, -0.2) is 13.1 Å². The lowest BCUT2D eigenvalue weighted by Gasteiger charge is -2.08. The van der Waals surface area contributed by atoms with Gasteiger partial charge in [0, 0.05) is 11.4 Å². The van der Waals surface area contributed by atoms with Crippen LogP contribution in [0.3, 0.4) is 0 Å².